The summed E-state index contributed by atoms with van der Waals surface area (Å²) in [5, 5.41) is 8.91. The molecule has 5 nitrogen and oxygen atoms in total. The van der Waals surface area contributed by atoms with Crippen molar-refractivity contribution in [2.45, 2.75) is 51.1 Å². The highest BCUT2D eigenvalue weighted by molar-refractivity contribution is 5.71. The summed E-state index contributed by atoms with van der Waals surface area (Å²) in [5.41, 5.74) is -0.143. The van der Waals surface area contributed by atoms with E-state index in [1.807, 2.05) is 4.90 Å². The largest absolute Gasteiger partial charge is 0.490 e. The Morgan fingerprint density at radius 3 is 2.45 bits per heavy atom. The van der Waals surface area contributed by atoms with Gasteiger partial charge in [0.05, 0.1) is 17.6 Å². The molecule has 1 aliphatic heterocycles. The smallest absolute Gasteiger partial charge is 0.419 e. The highest BCUT2D eigenvalue weighted by Crippen LogP contribution is 2.38. The lowest BCUT2D eigenvalue weighted by Gasteiger charge is -2.36. The van der Waals surface area contributed by atoms with E-state index < -0.39 is 29.4 Å². The normalized spacial score (nSPS) is 17.7. The topological polar surface area (TPSA) is 59.0 Å². The third-order valence-corrected chi connectivity index (χ3v) is 6.08. The van der Waals surface area contributed by atoms with Crippen LogP contribution < -0.4 is 9.47 Å². The maximum absolute atomic E-state index is 14.4. The first-order chi connectivity index (χ1) is 15.7. The highest BCUT2D eigenvalue weighted by Gasteiger charge is 2.36. The van der Waals surface area contributed by atoms with E-state index in [4.69, 9.17) is 14.6 Å². The first kappa shape index (κ1) is 23.4. The molecule has 2 fully saturated rings. The van der Waals surface area contributed by atoms with Gasteiger partial charge in [0.2, 0.25) is 0 Å². The molecule has 1 aliphatic carbocycles. The lowest BCUT2D eigenvalue weighted by molar-refractivity contribution is -0.147. The molecule has 0 amide bonds. The summed E-state index contributed by atoms with van der Waals surface area (Å²) >= 11 is 0. The predicted octanol–water partition coefficient (Wildman–Crippen LogP) is 5.26. The number of alkyl halides is 3. The summed E-state index contributed by atoms with van der Waals surface area (Å²) in [5.74, 6) is -1.77. The summed E-state index contributed by atoms with van der Waals surface area (Å²) in [6, 6.07) is 8.13. The van der Waals surface area contributed by atoms with E-state index in [2.05, 4.69) is 0 Å². The quantitative estimate of drug-likeness (QED) is 0.537. The van der Waals surface area contributed by atoms with E-state index in [1.165, 1.54) is 18.2 Å². The molecule has 9 heteroatoms. The molecule has 1 saturated carbocycles. The fraction of sp³-hybridized carbons (Fsp3) is 0.458. The molecule has 4 rings (SSSR count). The first-order valence-corrected chi connectivity index (χ1v) is 10.9. The van der Waals surface area contributed by atoms with Gasteiger partial charge in [-0.15, -0.1) is 0 Å². The Morgan fingerprint density at radius 2 is 1.82 bits per heavy atom. The van der Waals surface area contributed by atoms with E-state index >= 15 is 0 Å². The van der Waals surface area contributed by atoms with Crippen molar-refractivity contribution < 1.29 is 36.9 Å². The Labute approximate surface area is 188 Å². The van der Waals surface area contributed by atoms with Gasteiger partial charge in [-0.1, -0.05) is 12.1 Å². The number of ether oxygens (including phenoxy) is 2. The van der Waals surface area contributed by atoms with Crippen LogP contribution in [-0.2, 0) is 24.1 Å². The van der Waals surface area contributed by atoms with Gasteiger partial charge in [-0.25, -0.2) is 4.39 Å². The number of hydrogen-bond donors (Lipinski definition) is 1. The molecular weight excluding hydrogens is 442 g/mol. The van der Waals surface area contributed by atoms with Crippen LogP contribution in [0, 0.1) is 11.7 Å². The molecule has 0 atom stereocenters. The molecule has 0 bridgehead atoms. The van der Waals surface area contributed by atoms with Crippen LogP contribution in [0.3, 0.4) is 0 Å². The fourth-order valence-corrected chi connectivity index (χ4v) is 4.19. The minimum Gasteiger partial charge on any atom is -0.490 e. The van der Waals surface area contributed by atoms with Crippen LogP contribution >= 0.6 is 0 Å². The second kappa shape index (κ2) is 9.59. The third-order valence-electron chi connectivity index (χ3n) is 6.08. The summed E-state index contributed by atoms with van der Waals surface area (Å²) in [6.45, 7) is 0.870. The zero-order valence-corrected chi connectivity index (χ0v) is 17.9. The van der Waals surface area contributed by atoms with Crippen molar-refractivity contribution in [2.75, 3.05) is 13.1 Å². The van der Waals surface area contributed by atoms with Gasteiger partial charge in [0, 0.05) is 31.3 Å². The lowest BCUT2D eigenvalue weighted by atomic mass is 9.99. The fourth-order valence-electron chi connectivity index (χ4n) is 4.19. The number of benzene rings is 2. The Balaban J connectivity index is 1.38. The second-order valence-corrected chi connectivity index (χ2v) is 8.62. The number of aliphatic carboxylic acids is 1. The Bertz CT molecular complexity index is 998. The highest BCUT2D eigenvalue weighted by atomic mass is 19.4. The van der Waals surface area contributed by atoms with E-state index in [0.29, 0.717) is 24.2 Å². The number of carbonyl (C=O) groups is 1. The molecule has 33 heavy (non-hydrogen) atoms. The molecule has 178 valence electrons. The molecule has 1 saturated heterocycles. The average Bonchev–Trinajstić information content (AvgIpc) is 3.22. The van der Waals surface area contributed by atoms with E-state index in [0.717, 1.165) is 31.7 Å². The average molecular weight is 467 g/mol. The van der Waals surface area contributed by atoms with Gasteiger partial charge in [-0.2, -0.15) is 13.2 Å². The van der Waals surface area contributed by atoms with Crippen LogP contribution in [0.15, 0.2) is 36.4 Å². The van der Waals surface area contributed by atoms with E-state index in [1.54, 1.807) is 12.1 Å². The van der Waals surface area contributed by atoms with Crippen LogP contribution in [0.1, 0.15) is 42.4 Å². The number of likely N-dealkylation sites (tertiary alicyclic amines) is 1. The summed E-state index contributed by atoms with van der Waals surface area (Å²) in [6.07, 6.45) is -1.35. The molecular formula is C24H25F4NO4. The number of halogens is 4. The van der Waals surface area contributed by atoms with Crippen molar-refractivity contribution >= 4 is 5.97 Å². The van der Waals surface area contributed by atoms with Crippen molar-refractivity contribution in [1.29, 1.82) is 0 Å². The maximum Gasteiger partial charge on any atom is 0.419 e. The van der Waals surface area contributed by atoms with Gasteiger partial charge in [-0.05, 0) is 49.4 Å². The van der Waals surface area contributed by atoms with Gasteiger partial charge in [0.1, 0.15) is 23.9 Å². The Kier molecular flexibility index (Phi) is 6.78. The van der Waals surface area contributed by atoms with Gasteiger partial charge >= 0.3 is 12.1 Å². The van der Waals surface area contributed by atoms with Crippen molar-refractivity contribution in [3.05, 3.63) is 58.9 Å². The number of carboxylic acids is 1. The SMILES string of the molecule is O=C(O)C1CN(Cc2ccc(OCc3ccc(OC4CCCC4)c(C(F)(F)F)c3)cc2F)C1. The Hall–Kier alpha value is -2.81. The summed E-state index contributed by atoms with van der Waals surface area (Å²) < 4.78 is 66.2. The van der Waals surface area contributed by atoms with Gasteiger partial charge in [0.25, 0.3) is 0 Å². The van der Waals surface area contributed by atoms with Crippen LogP contribution in [0.5, 0.6) is 11.5 Å². The van der Waals surface area contributed by atoms with Crippen molar-refractivity contribution in [3.8, 4) is 11.5 Å². The van der Waals surface area contributed by atoms with Gasteiger partial charge in [-0.3, -0.25) is 9.69 Å². The first-order valence-electron chi connectivity index (χ1n) is 10.9. The van der Waals surface area contributed by atoms with Gasteiger partial charge < -0.3 is 14.6 Å². The lowest BCUT2D eigenvalue weighted by Crippen LogP contribution is -2.49. The predicted molar refractivity (Wildman–Crippen MR) is 111 cm³/mol. The van der Waals surface area contributed by atoms with Gasteiger partial charge in [0.15, 0.2) is 0 Å². The third kappa shape index (κ3) is 5.76. The molecule has 0 unspecified atom stereocenters. The zero-order chi connectivity index (χ0) is 23.6. The summed E-state index contributed by atoms with van der Waals surface area (Å²) in [4.78, 5) is 12.7. The zero-order valence-electron chi connectivity index (χ0n) is 17.9. The summed E-state index contributed by atoms with van der Waals surface area (Å²) in [7, 11) is 0. The molecule has 1 N–H and O–H groups in total. The van der Waals surface area contributed by atoms with Crippen molar-refractivity contribution in [2.24, 2.45) is 5.92 Å². The second-order valence-electron chi connectivity index (χ2n) is 8.62. The minimum atomic E-state index is -4.56. The number of nitrogens with zero attached hydrogens (tertiary/aromatic N) is 1. The minimum absolute atomic E-state index is 0.155. The number of hydrogen-bond acceptors (Lipinski definition) is 4. The molecule has 2 aliphatic rings. The monoisotopic (exact) mass is 467 g/mol. The molecule has 2 aromatic carbocycles. The van der Waals surface area contributed by atoms with Crippen molar-refractivity contribution in [3.63, 3.8) is 0 Å². The van der Waals surface area contributed by atoms with Crippen LogP contribution in [0.4, 0.5) is 17.6 Å². The number of carboxylic acid groups (broad SMARTS) is 1. The standard InChI is InChI=1S/C24H25F4NO4/c25-21-10-19(7-6-16(21)11-29-12-17(13-29)23(30)31)32-14-15-5-8-22(20(9-15)24(26,27)28)33-18-3-1-2-4-18/h5-10,17-18H,1-4,11-14H2,(H,30,31). The molecule has 2 aromatic rings. The van der Waals surface area contributed by atoms with E-state index in [-0.39, 0.29) is 30.8 Å². The molecule has 0 radical (unpaired) electrons. The molecule has 0 spiro atoms. The van der Waals surface area contributed by atoms with Crippen LogP contribution in [0.2, 0.25) is 0 Å². The Morgan fingerprint density at radius 1 is 1.09 bits per heavy atom. The van der Waals surface area contributed by atoms with E-state index in [9.17, 15) is 22.4 Å². The molecule has 1 heterocycles. The number of rotatable bonds is 8. The maximum atomic E-state index is 14.4. The molecule has 0 aromatic heterocycles. The van der Waals surface area contributed by atoms with Crippen molar-refractivity contribution in [1.82, 2.24) is 4.90 Å². The van der Waals surface area contributed by atoms with Crippen LogP contribution in [0.25, 0.3) is 0 Å². The van der Waals surface area contributed by atoms with Crippen LogP contribution in [-0.4, -0.2) is 35.2 Å².